The molecule has 1 N–H and O–H groups in total. The van der Waals surface area contributed by atoms with Crippen molar-refractivity contribution < 1.29 is 9.18 Å². The third-order valence-corrected chi connectivity index (χ3v) is 4.50. The van der Waals surface area contributed by atoms with Crippen LogP contribution in [0.25, 0.3) is 5.69 Å². The number of rotatable bonds is 5. The number of carbonyl (C=O) groups excluding carboxylic acids is 1. The summed E-state index contributed by atoms with van der Waals surface area (Å²) in [6.45, 7) is 3.99. The molecule has 0 aliphatic rings. The normalized spacial score (nSPS) is 10.7. The van der Waals surface area contributed by atoms with E-state index in [0.717, 1.165) is 16.8 Å². The first-order valence-electron chi connectivity index (χ1n) is 7.81. The van der Waals surface area contributed by atoms with Crippen molar-refractivity contribution >= 4 is 23.4 Å². The molecular formula is C19H18FN3OS. The number of benzene rings is 2. The van der Waals surface area contributed by atoms with Gasteiger partial charge in [-0.15, -0.1) is 0 Å². The summed E-state index contributed by atoms with van der Waals surface area (Å²) in [7, 11) is 0. The summed E-state index contributed by atoms with van der Waals surface area (Å²) in [5.41, 5.74) is 3.67. The average molecular weight is 355 g/mol. The fourth-order valence-electron chi connectivity index (χ4n) is 2.59. The number of anilines is 1. The lowest BCUT2D eigenvalue weighted by atomic mass is 10.1. The van der Waals surface area contributed by atoms with Gasteiger partial charge in [-0.25, -0.2) is 9.37 Å². The van der Waals surface area contributed by atoms with Crippen molar-refractivity contribution in [1.29, 1.82) is 0 Å². The molecule has 0 radical (unpaired) electrons. The van der Waals surface area contributed by atoms with Gasteiger partial charge in [-0.1, -0.05) is 23.9 Å². The molecule has 3 aromatic rings. The summed E-state index contributed by atoms with van der Waals surface area (Å²) in [6, 6.07) is 12.2. The Morgan fingerprint density at radius 2 is 1.96 bits per heavy atom. The molecule has 128 valence electrons. The molecule has 0 bridgehead atoms. The lowest BCUT2D eigenvalue weighted by Gasteiger charge is -2.09. The molecule has 3 rings (SSSR count). The van der Waals surface area contributed by atoms with Crippen LogP contribution in [0.3, 0.4) is 0 Å². The van der Waals surface area contributed by atoms with Gasteiger partial charge in [0.1, 0.15) is 5.82 Å². The van der Waals surface area contributed by atoms with Crippen molar-refractivity contribution in [2.45, 2.75) is 19.0 Å². The second-order valence-electron chi connectivity index (χ2n) is 5.77. The summed E-state index contributed by atoms with van der Waals surface area (Å²) in [4.78, 5) is 16.5. The highest BCUT2D eigenvalue weighted by Crippen LogP contribution is 2.21. The molecule has 1 heterocycles. The molecule has 0 saturated carbocycles. The zero-order valence-electron chi connectivity index (χ0n) is 14.0. The van der Waals surface area contributed by atoms with Crippen LogP contribution in [0.2, 0.25) is 0 Å². The second kappa shape index (κ2) is 7.53. The first-order valence-corrected chi connectivity index (χ1v) is 8.80. The Balaban J connectivity index is 1.66. The van der Waals surface area contributed by atoms with Crippen molar-refractivity contribution in [2.24, 2.45) is 0 Å². The summed E-state index contributed by atoms with van der Waals surface area (Å²) < 4.78 is 15.2. The van der Waals surface area contributed by atoms with E-state index in [-0.39, 0.29) is 17.5 Å². The second-order valence-corrected chi connectivity index (χ2v) is 6.72. The Labute approximate surface area is 150 Å². The molecule has 25 heavy (non-hydrogen) atoms. The molecule has 0 atom stereocenters. The van der Waals surface area contributed by atoms with Gasteiger partial charge >= 0.3 is 0 Å². The number of nitrogens with zero attached hydrogens (tertiary/aromatic N) is 2. The number of aromatic nitrogens is 2. The standard InChI is InChI=1S/C19H18FN3OS/c1-13-8-14(2)10-16(9-13)22-18(24)12-25-19-21-6-7-23(19)17-5-3-4-15(20)11-17/h3-11H,12H2,1-2H3,(H,22,24). The first kappa shape index (κ1) is 17.2. The van der Waals surface area contributed by atoms with Crippen LogP contribution in [0.4, 0.5) is 10.1 Å². The Morgan fingerprint density at radius 1 is 1.20 bits per heavy atom. The third-order valence-electron chi connectivity index (χ3n) is 3.53. The molecule has 2 aromatic carbocycles. The van der Waals surface area contributed by atoms with Crippen LogP contribution in [0.5, 0.6) is 0 Å². The molecule has 0 aliphatic carbocycles. The molecule has 1 aromatic heterocycles. The van der Waals surface area contributed by atoms with Gasteiger partial charge in [0.15, 0.2) is 5.16 Å². The molecule has 6 heteroatoms. The number of nitrogens with one attached hydrogen (secondary N) is 1. The zero-order valence-corrected chi connectivity index (χ0v) is 14.8. The van der Waals surface area contributed by atoms with Crippen molar-refractivity contribution in [3.05, 3.63) is 71.8 Å². The highest BCUT2D eigenvalue weighted by Gasteiger charge is 2.10. The number of imidazole rings is 1. The Bertz CT molecular complexity index is 887. The summed E-state index contributed by atoms with van der Waals surface area (Å²) in [6.07, 6.45) is 3.38. The molecule has 0 fully saturated rings. The number of carbonyl (C=O) groups is 1. The Kier molecular flexibility index (Phi) is 5.19. The molecular weight excluding hydrogens is 337 g/mol. The predicted octanol–water partition coefficient (Wildman–Crippen LogP) is 4.36. The van der Waals surface area contributed by atoms with Crippen molar-refractivity contribution in [3.8, 4) is 5.69 Å². The monoisotopic (exact) mass is 355 g/mol. The molecule has 0 unspecified atom stereocenters. The maximum atomic E-state index is 13.4. The number of amides is 1. The molecule has 0 aliphatic heterocycles. The van der Waals surface area contributed by atoms with Gasteiger partial charge in [0.25, 0.3) is 0 Å². The van der Waals surface area contributed by atoms with E-state index < -0.39 is 0 Å². The van der Waals surface area contributed by atoms with E-state index in [0.29, 0.717) is 10.8 Å². The van der Waals surface area contributed by atoms with E-state index in [1.807, 2.05) is 26.0 Å². The number of thioether (sulfide) groups is 1. The third kappa shape index (κ3) is 4.48. The van der Waals surface area contributed by atoms with E-state index in [2.05, 4.69) is 16.4 Å². The van der Waals surface area contributed by atoms with Crippen LogP contribution >= 0.6 is 11.8 Å². The topological polar surface area (TPSA) is 46.9 Å². The highest BCUT2D eigenvalue weighted by atomic mass is 32.2. The van der Waals surface area contributed by atoms with E-state index in [4.69, 9.17) is 0 Å². The number of hydrogen-bond acceptors (Lipinski definition) is 3. The van der Waals surface area contributed by atoms with Crippen molar-refractivity contribution in [3.63, 3.8) is 0 Å². The largest absolute Gasteiger partial charge is 0.325 e. The highest BCUT2D eigenvalue weighted by molar-refractivity contribution is 7.99. The lowest BCUT2D eigenvalue weighted by Crippen LogP contribution is -2.14. The smallest absolute Gasteiger partial charge is 0.234 e. The fraction of sp³-hybridized carbons (Fsp3) is 0.158. The lowest BCUT2D eigenvalue weighted by molar-refractivity contribution is -0.113. The van der Waals surface area contributed by atoms with Crippen LogP contribution in [-0.4, -0.2) is 21.2 Å². The van der Waals surface area contributed by atoms with E-state index in [1.54, 1.807) is 29.1 Å². The quantitative estimate of drug-likeness (QED) is 0.692. The van der Waals surface area contributed by atoms with Gasteiger partial charge in [0.2, 0.25) is 5.91 Å². The maximum Gasteiger partial charge on any atom is 0.234 e. The van der Waals surface area contributed by atoms with E-state index in [9.17, 15) is 9.18 Å². The molecule has 4 nitrogen and oxygen atoms in total. The van der Waals surface area contributed by atoms with Gasteiger partial charge < -0.3 is 5.32 Å². The van der Waals surface area contributed by atoms with Gasteiger partial charge in [-0.05, 0) is 55.3 Å². The van der Waals surface area contributed by atoms with Gasteiger partial charge in [0, 0.05) is 18.1 Å². The number of hydrogen-bond donors (Lipinski definition) is 1. The summed E-state index contributed by atoms with van der Waals surface area (Å²) in [5, 5.41) is 3.54. The maximum absolute atomic E-state index is 13.4. The first-order chi connectivity index (χ1) is 12.0. The Hall–Kier alpha value is -2.60. The van der Waals surface area contributed by atoms with Crippen molar-refractivity contribution in [2.75, 3.05) is 11.1 Å². The number of halogens is 1. The minimum Gasteiger partial charge on any atom is -0.325 e. The van der Waals surface area contributed by atoms with E-state index in [1.165, 1.54) is 23.9 Å². The minimum absolute atomic E-state index is 0.108. The van der Waals surface area contributed by atoms with Crippen LogP contribution < -0.4 is 5.32 Å². The number of aryl methyl sites for hydroxylation is 2. The molecule has 0 spiro atoms. The summed E-state index contributed by atoms with van der Waals surface area (Å²) >= 11 is 1.31. The SMILES string of the molecule is Cc1cc(C)cc(NC(=O)CSc2nccn2-c2cccc(F)c2)c1. The van der Waals surface area contributed by atoms with Gasteiger partial charge in [-0.3, -0.25) is 9.36 Å². The fourth-order valence-corrected chi connectivity index (χ4v) is 3.37. The zero-order chi connectivity index (χ0) is 17.8. The molecule has 0 saturated heterocycles. The minimum atomic E-state index is -0.310. The summed E-state index contributed by atoms with van der Waals surface area (Å²) in [5.74, 6) is -0.197. The van der Waals surface area contributed by atoms with Crippen LogP contribution in [0, 0.1) is 19.7 Å². The van der Waals surface area contributed by atoms with Crippen molar-refractivity contribution in [1.82, 2.24) is 9.55 Å². The Morgan fingerprint density at radius 3 is 2.68 bits per heavy atom. The van der Waals surface area contributed by atoms with E-state index >= 15 is 0 Å². The van der Waals surface area contributed by atoms with Crippen LogP contribution in [0.1, 0.15) is 11.1 Å². The average Bonchev–Trinajstić information content (AvgIpc) is 3.00. The predicted molar refractivity (Wildman–Crippen MR) is 98.8 cm³/mol. The van der Waals surface area contributed by atoms with Crippen LogP contribution in [-0.2, 0) is 4.79 Å². The van der Waals surface area contributed by atoms with Crippen LogP contribution in [0.15, 0.2) is 60.0 Å². The molecule has 1 amide bonds. The van der Waals surface area contributed by atoms with Gasteiger partial charge in [0.05, 0.1) is 11.4 Å². The van der Waals surface area contributed by atoms with Gasteiger partial charge in [-0.2, -0.15) is 0 Å².